The third-order valence-electron chi connectivity index (χ3n) is 2.81. The first kappa shape index (κ1) is 15.9. The zero-order valence-electron chi connectivity index (χ0n) is 11.9. The van der Waals surface area contributed by atoms with Gasteiger partial charge in [-0.1, -0.05) is 6.07 Å². The van der Waals surface area contributed by atoms with Crippen LogP contribution < -0.4 is 8.92 Å². The van der Waals surface area contributed by atoms with Crippen molar-refractivity contribution >= 4 is 26.0 Å². The normalized spacial score (nSPS) is 11.2. The van der Waals surface area contributed by atoms with Crippen LogP contribution in [-0.4, -0.2) is 15.5 Å². The summed E-state index contributed by atoms with van der Waals surface area (Å²) in [4.78, 5) is 0.0432. The minimum absolute atomic E-state index is 0.0432. The Hall–Kier alpha value is -1.53. The largest absolute Gasteiger partial charge is 0.496 e. The van der Waals surface area contributed by atoms with Crippen LogP contribution >= 0.6 is 15.9 Å². The fourth-order valence-corrected chi connectivity index (χ4v) is 3.29. The van der Waals surface area contributed by atoms with Gasteiger partial charge >= 0.3 is 10.1 Å². The number of hydrogen-bond donors (Lipinski definition) is 0. The van der Waals surface area contributed by atoms with E-state index in [4.69, 9.17) is 8.92 Å². The molecule has 0 saturated carbocycles. The van der Waals surface area contributed by atoms with Crippen molar-refractivity contribution in [1.29, 1.82) is 0 Å². The second-order valence-corrected chi connectivity index (χ2v) is 7.06. The summed E-state index contributed by atoms with van der Waals surface area (Å²) in [6, 6.07) is 9.80. The molecule has 0 aliphatic heterocycles. The number of methoxy groups -OCH3 is 1. The molecule has 2 aromatic carbocycles. The first-order valence-corrected chi connectivity index (χ1v) is 8.38. The summed E-state index contributed by atoms with van der Waals surface area (Å²) >= 11 is 3.28. The SMILES string of the molecule is COc1cc(S(=O)(=O)Oc2cc(C)cc(C)c2)ccc1Br. The third kappa shape index (κ3) is 3.77. The molecule has 21 heavy (non-hydrogen) atoms. The molecular formula is C15H15BrO4S. The van der Waals surface area contributed by atoms with Gasteiger partial charge in [0.2, 0.25) is 0 Å². The van der Waals surface area contributed by atoms with Gasteiger partial charge in [0.05, 0.1) is 11.6 Å². The van der Waals surface area contributed by atoms with Crippen LogP contribution in [0.4, 0.5) is 0 Å². The average Bonchev–Trinajstić information content (AvgIpc) is 2.37. The van der Waals surface area contributed by atoms with E-state index in [1.165, 1.54) is 19.2 Å². The number of halogens is 1. The number of ether oxygens (including phenoxy) is 1. The van der Waals surface area contributed by atoms with E-state index in [2.05, 4.69) is 15.9 Å². The Labute approximate surface area is 133 Å². The van der Waals surface area contributed by atoms with E-state index >= 15 is 0 Å². The standard InChI is InChI=1S/C15H15BrO4S/c1-10-6-11(2)8-12(7-10)20-21(17,18)13-4-5-14(16)15(9-13)19-3/h4-9H,1-3H3. The molecule has 0 heterocycles. The first-order chi connectivity index (χ1) is 9.81. The highest BCUT2D eigenvalue weighted by Crippen LogP contribution is 2.29. The molecule has 0 unspecified atom stereocenters. The van der Waals surface area contributed by atoms with Gasteiger partial charge in [-0.3, -0.25) is 0 Å². The Morgan fingerprint density at radius 1 is 1.00 bits per heavy atom. The van der Waals surface area contributed by atoms with Gasteiger partial charge in [-0.25, -0.2) is 0 Å². The molecule has 0 aromatic heterocycles. The predicted molar refractivity (Wildman–Crippen MR) is 84.4 cm³/mol. The lowest BCUT2D eigenvalue weighted by atomic mass is 10.1. The summed E-state index contributed by atoms with van der Waals surface area (Å²) < 4.78 is 35.6. The van der Waals surface area contributed by atoms with E-state index in [0.717, 1.165) is 11.1 Å². The van der Waals surface area contributed by atoms with Crippen molar-refractivity contribution in [2.24, 2.45) is 0 Å². The summed E-state index contributed by atoms with van der Waals surface area (Å²) in [5.41, 5.74) is 1.88. The third-order valence-corrected chi connectivity index (χ3v) is 4.71. The topological polar surface area (TPSA) is 52.6 Å². The highest BCUT2D eigenvalue weighted by Gasteiger charge is 2.18. The van der Waals surface area contributed by atoms with Crippen molar-refractivity contribution in [2.45, 2.75) is 18.7 Å². The fraction of sp³-hybridized carbons (Fsp3) is 0.200. The highest BCUT2D eigenvalue weighted by molar-refractivity contribution is 9.10. The molecule has 0 amide bonds. The smallest absolute Gasteiger partial charge is 0.339 e. The van der Waals surface area contributed by atoms with Gasteiger partial charge in [-0.05, 0) is 65.2 Å². The molecule has 0 saturated heterocycles. The summed E-state index contributed by atoms with van der Waals surface area (Å²) in [6.07, 6.45) is 0. The second-order valence-electron chi connectivity index (χ2n) is 4.66. The molecule has 0 fully saturated rings. The Balaban J connectivity index is 2.38. The van der Waals surface area contributed by atoms with Crippen LogP contribution in [0, 0.1) is 13.8 Å². The van der Waals surface area contributed by atoms with E-state index in [-0.39, 0.29) is 4.90 Å². The van der Waals surface area contributed by atoms with Gasteiger partial charge in [-0.2, -0.15) is 8.42 Å². The summed E-state index contributed by atoms with van der Waals surface area (Å²) in [6.45, 7) is 3.77. The summed E-state index contributed by atoms with van der Waals surface area (Å²) in [7, 11) is -2.42. The van der Waals surface area contributed by atoms with Crippen molar-refractivity contribution in [3.63, 3.8) is 0 Å². The van der Waals surface area contributed by atoms with E-state index in [0.29, 0.717) is 16.0 Å². The number of benzene rings is 2. The average molecular weight is 371 g/mol. The molecule has 4 nitrogen and oxygen atoms in total. The molecule has 2 rings (SSSR count). The molecule has 0 N–H and O–H groups in total. The van der Waals surface area contributed by atoms with Crippen molar-refractivity contribution in [3.8, 4) is 11.5 Å². The van der Waals surface area contributed by atoms with Gasteiger partial charge in [0.15, 0.2) is 0 Å². The number of hydrogen-bond acceptors (Lipinski definition) is 4. The van der Waals surface area contributed by atoms with Gasteiger partial charge in [0.25, 0.3) is 0 Å². The monoisotopic (exact) mass is 370 g/mol. The Morgan fingerprint density at radius 3 is 2.19 bits per heavy atom. The van der Waals surface area contributed by atoms with Crippen LogP contribution in [0.3, 0.4) is 0 Å². The zero-order chi connectivity index (χ0) is 15.6. The predicted octanol–water partition coefficient (Wildman–Crippen LogP) is 3.84. The maximum atomic E-state index is 12.3. The van der Waals surface area contributed by atoms with E-state index < -0.39 is 10.1 Å². The van der Waals surface area contributed by atoms with Gasteiger partial charge in [-0.15, -0.1) is 0 Å². The minimum atomic E-state index is -3.90. The second kappa shape index (κ2) is 6.07. The van der Waals surface area contributed by atoms with Crippen LogP contribution in [0.25, 0.3) is 0 Å². The molecule has 0 aliphatic rings. The summed E-state index contributed by atoms with van der Waals surface area (Å²) in [5, 5.41) is 0. The molecule has 0 atom stereocenters. The molecule has 0 spiro atoms. The van der Waals surface area contributed by atoms with Crippen LogP contribution in [0.2, 0.25) is 0 Å². The number of rotatable bonds is 4. The van der Waals surface area contributed by atoms with E-state index in [1.54, 1.807) is 18.2 Å². The molecule has 2 aromatic rings. The molecule has 0 bridgehead atoms. The van der Waals surface area contributed by atoms with E-state index in [9.17, 15) is 8.42 Å². The van der Waals surface area contributed by atoms with Crippen LogP contribution in [0.15, 0.2) is 45.8 Å². The lowest BCUT2D eigenvalue weighted by Crippen LogP contribution is -2.10. The highest BCUT2D eigenvalue weighted by atomic mass is 79.9. The van der Waals surface area contributed by atoms with Gasteiger partial charge in [0.1, 0.15) is 16.4 Å². The molecule has 0 aliphatic carbocycles. The van der Waals surface area contributed by atoms with Gasteiger partial charge < -0.3 is 8.92 Å². The van der Waals surface area contributed by atoms with Crippen LogP contribution in [-0.2, 0) is 10.1 Å². The van der Waals surface area contributed by atoms with Crippen molar-refractivity contribution < 1.29 is 17.3 Å². The molecular weight excluding hydrogens is 356 g/mol. The van der Waals surface area contributed by atoms with Crippen molar-refractivity contribution in [2.75, 3.05) is 7.11 Å². The van der Waals surface area contributed by atoms with Gasteiger partial charge in [0, 0.05) is 6.07 Å². The molecule has 112 valence electrons. The Morgan fingerprint density at radius 2 is 1.62 bits per heavy atom. The lowest BCUT2D eigenvalue weighted by molar-refractivity contribution is 0.410. The van der Waals surface area contributed by atoms with Crippen molar-refractivity contribution in [1.82, 2.24) is 0 Å². The maximum Gasteiger partial charge on any atom is 0.339 e. The fourth-order valence-electron chi connectivity index (χ4n) is 1.95. The quantitative estimate of drug-likeness (QED) is 0.767. The molecule has 0 radical (unpaired) electrons. The van der Waals surface area contributed by atoms with Crippen LogP contribution in [0.1, 0.15) is 11.1 Å². The Kier molecular flexibility index (Phi) is 4.58. The number of aryl methyl sites for hydroxylation is 2. The summed E-state index contributed by atoms with van der Waals surface area (Å²) in [5.74, 6) is 0.731. The van der Waals surface area contributed by atoms with Crippen molar-refractivity contribution in [3.05, 3.63) is 52.0 Å². The maximum absolute atomic E-state index is 12.3. The molecule has 6 heteroatoms. The lowest BCUT2D eigenvalue weighted by Gasteiger charge is -2.10. The first-order valence-electron chi connectivity index (χ1n) is 6.18. The minimum Gasteiger partial charge on any atom is -0.496 e. The van der Waals surface area contributed by atoms with E-state index in [1.807, 2.05) is 19.9 Å². The van der Waals surface area contributed by atoms with Crippen LogP contribution in [0.5, 0.6) is 11.5 Å². The Bertz CT molecular complexity index is 749. The zero-order valence-corrected chi connectivity index (χ0v) is 14.3.